The lowest BCUT2D eigenvalue weighted by Gasteiger charge is -2.08. The summed E-state index contributed by atoms with van der Waals surface area (Å²) >= 11 is 2.71. The Kier molecular flexibility index (Phi) is 7.88. The number of aromatic amines is 1. The fraction of sp³-hybridized carbons (Fsp3) is 0.353. The number of nitrogens with zero attached hydrogens (tertiary/aromatic N) is 2. The van der Waals surface area contributed by atoms with Crippen molar-refractivity contribution in [2.24, 2.45) is 0 Å². The Morgan fingerprint density at radius 1 is 1.39 bits per heavy atom. The molecule has 28 heavy (non-hydrogen) atoms. The minimum absolute atomic E-state index is 0.0626. The lowest BCUT2D eigenvalue weighted by Crippen LogP contribution is -2.16. The number of carbonyl (C=O) groups excluding carboxylic acids is 1. The van der Waals surface area contributed by atoms with Gasteiger partial charge in [-0.15, -0.1) is 0 Å². The molecule has 11 heteroatoms. The van der Waals surface area contributed by atoms with E-state index in [9.17, 15) is 19.7 Å². The van der Waals surface area contributed by atoms with Gasteiger partial charge in [-0.2, -0.15) is 11.8 Å². The summed E-state index contributed by atoms with van der Waals surface area (Å²) in [5.41, 5.74) is 0.149. The van der Waals surface area contributed by atoms with Crippen molar-refractivity contribution in [3.63, 3.8) is 0 Å². The molecule has 9 nitrogen and oxygen atoms in total. The molecule has 0 radical (unpaired) electrons. The maximum absolute atomic E-state index is 12.2. The third-order valence-corrected chi connectivity index (χ3v) is 5.36. The molecule has 0 aliphatic rings. The van der Waals surface area contributed by atoms with Gasteiger partial charge in [0.15, 0.2) is 5.16 Å². The number of hydrogen-bond donors (Lipinski definition) is 2. The Morgan fingerprint density at radius 2 is 2.14 bits per heavy atom. The standard InChI is InChI=1S/C17H20N4O5S2/c1-10(2)27-8-11-6-15(22)20-17(18-11)28-9-16(23)19-13-5-4-12(26-3)7-14(13)21(24)25/h4-7,10H,8-9H2,1-3H3,(H,19,23)(H,18,20,22). The van der Waals surface area contributed by atoms with Crippen LogP contribution in [-0.4, -0.2) is 38.9 Å². The first-order chi connectivity index (χ1) is 13.3. The lowest BCUT2D eigenvalue weighted by atomic mass is 10.2. The third kappa shape index (κ3) is 6.57. The average Bonchev–Trinajstić information content (AvgIpc) is 2.64. The van der Waals surface area contributed by atoms with Crippen LogP contribution in [0, 0.1) is 10.1 Å². The summed E-state index contributed by atoms with van der Waals surface area (Å²) in [6.07, 6.45) is 0. The number of thioether (sulfide) groups is 2. The van der Waals surface area contributed by atoms with Gasteiger partial charge in [-0.05, 0) is 17.4 Å². The van der Waals surface area contributed by atoms with Gasteiger partial charge in [0.05, 0.1) is 29.5 Å². The molecule has 0 aliphatic heterocycles. The van der Waals surface area contributed by atoms with Crippen LogP contribution in [0.1, 0.15) is 19.5 Å². The van der Waals surface area contributed by atoms with Gasteiger partial charge in [-0.1, -0.05) is 25.6 Å². The van der Waals surface area contributed by atoms with Crippen LogP contribution < -0.4 is 15.6 Å². The molecule has 150 valence electrons. The molecule has 2 rings (SSSR count). The third-order valence-electron chi connectivity index (χ3n) is 3.35. The quantitative estimate of drug-likeness (QED) is 0.272. The molecule has 0 saturated carbocycles. The number of rotatable bonds is 9. The summed E-state index contributed by atoms with van der Waals surface area (Å²) in [4.78, 5) is 41.5. The molecule has 2 N–H and O–H groups in total. The van der Waals surface area contributed by atoms with Crippen molar-refractivity contribution in [3.8, 4) is 5.75 Å². The predicted molar refractivity (Wildman–Crippen MR) is 110 cm³/mol. The van der Waals surface area contributed by atoms with Crippen molar-refractivity contribution in [2.75, 3.05) is 18.2 Å². The molecule has 1 amide bonds. The van der Waals surface area contributed by atoms with E-state index < -0.39 is 10.8 Å². The molecule has 1 heterocycles. The SMILES string of the molecule is COc1ccc(NC(=O)CSc2nc(CSC(C)C)cc(=O)[nH]2)c([N+](=O)[O-])c1. The summed E-state index contributed by atoms with van der Waals surface area (Å²) in [7, 11) is 1.40. The molecule has 0 saturated heterocycles. The summed E-state index contributed by atoms with van der Waals surface area (Å²) in [6, 6.07) is 5.59. The maximum atomic E-state index is 12.2. The van der Waals surface area contributed by atoms with Crippen LogP contribution >= 0.6 is 23.5 Å². The Hall–Kier alpha value is -2.53. The van der Waals surface area contributed by atoms with Crippen LogP contribution in [0.4, 0.5) is 11.4 Å². The van der Waals surface area contributed by atoms with Crippen LogP contribution in [0.15, 0.2) is 34.2 Å². The molecular formula is C17H20N4O5S2. The number of carbonyl (C=O) groups is 1. The van der Waals surface area contributed by atoms with Gasteiger partial charge >= 0.3 is 0 Å². The first-order valence-corrected chi connectivity index (χ1v) is 10.3. The van der Waals surface area contributed by atoms with Crippen molar-refractivity contribution >= 4 is 40.8 Å². The molecule has 0 aliphatic carbocycles. The molecule has 2 aromatic rings. The zero-order chi connectivity index (χ0) is 20.7. The molecular weight excluding hydrogens is 404 g/mol. The number of nitro benzene ring substituents is 1. The van der Waals surface area contributed by atoms with Crippen LogP contribution in [-0.2, 0) is 10.5 Å². The van der Waals surface area contributed by atoms with E-state index in [0.717, 1.165) is 11.8 Å². The van der Waals surface area contributed by atoms with E-state index in [1.165, 1.54) is 31.4 Å². The maximum Gasteiger partial charge on any atom is 0.296 e. The van der Waals surface area contributed by atoms with Crippen molar-refractivity contribution in [1.82, 2.24) is 9.97 Å². The van der Waals surface area contributed by atoms with Crippen LogP contribution in [0.25, 0.3) is 0 Å². The Balaban J connectivity index is 2.03. The van der Waals surface area contributed by atoms with E-state index >= 15 is 0 Å². The van der Waals surface area contributed by atoms with Crippen molar-refractivity contribution in [1.29, 1.82) is 0 Å². The van der Waals surface area contributed by atoms with E-state index in [1.54, 1.807) is 11.8 Å². The van der Waals surface area contributed by atoms with E-state index in [2.05, 4.69) is 29.1 Å². The first kappa shape index (κ1) is 21.8. The molecule has 0 unspecified atom stereocenters. The van der Waals surface area contributed by atoms with Gasteiger partial charge in [0.1, 0.15) is 11.4 Å². The smallest absolute Gasteiger partial charge is 0.296 e. The zero-order valence-corrected chi connectivity index (χ0v) is 17.2. The van der Waals surface area contributed by atoms with Gasteiger partial charge in [0.2, 0.25) is 5.91 Å². The highest BCUT2D eigenvalue weighted by Crippen LogP contribution is 2.29. The number of H-pyrrole nitrogens is 1. The minimum atomic E-state index is -0.597. The molecule has 0 fully saturated rings. The highest BCUT2D eigenvalue weighted by Gasteiger charge is 2.17. The molecule has 1 aromatic carbocycles. The van der Waals surface area contributed by atoms with Gasteiger partial charge in [0.25, 0.3) is 11.2 Å². The van der Waals surface area contributed by atoms with E-state index in [1.807, 2.05) is 0 Å². The van der Waals surface area contributed by atoms with Crippen molar-refractivity contribution in [2.45, 2.75) is 30.0 Å². The minimum Gasteiger partial charge on any atom is -0.496 e. The van der Waals surface area contributed by atoms with Gasteiger partial charge < -0.3 is 15.0 Å². The Morgan fingerprint density at radius 3 is 2.79 bits per heavy atom. The topological polar surface area (TPSA) is 127 Å². The van der Waals surface area contributed by atoms with Crippen molar-refractivity contribution in [3.05, 3.63) is 50.4 Å². The van der Waals surface area contributed by atoms with Crippen LogP contribution in [0.5, 0.6) is 5.75 Å². The largest absolute Gasteiger partial charge is 0.496 e. The number of nitro groups is 1. The number of anilines is 1. The second kappa shape index (κ2) is 10.1. The molecule has 0 bridgehead atoms. The second-order valence-electron chi connectivity index (χ2n) is 5.88. The summed E-state index contributed by atoms with van der Waals surface area (Å²) < 4.78 is 4.96. The molecule has 0 atom stereocenters. The number of ether oxygens (including phenoxy) is 1. The van der Waals surface area contributed by atoms with E-state index in [-0.39, 0.29) is 22.7 Å². The zero-order valence-electron chi connectivity index (χ0n) is 15.6. The predicted octanol–water partition coefficient (Wildman–Crippen LogP) is 3.06. The highest BCUT2D eigenvalue weighted by molar-refractivity contribution is 7.99. The molecule has 1 aromatic heterocycles. The average molecular weight is 425 g/mol. The normalized spacial score (nSPS) is 10.7. The Labute approximate surface area is 169 Å². The Bertz CT molecular complexity index is 917. The van der Waals surface area contributed by atoms with Crippen LogP contribution in [0.3, 0.4) is 0 Å². The summed E-state index contributed by atoms with van der Waals surface area (Å²) in [5.74, 6) is 0.395. The van der Waals surface area contributed by atoms with Gasteiger partial charge in [0, 0.05) is 11.8 Å². The highest BCUT2D eigenvalue weighted by atomic mass is 32.2. The number of benzene rings is 1. The lowest BCUT2D eigenvalue weighted by molar-refractivity contribution is -0.384. The van der Waals surface area contributed by atoms with E-state index in [4.69, 9.17) is 4.74 Å². The van der Waals surface area contributed by atoms with Crippen molar-refractivity contribution < 1.29 is 14.5 Å². The van der Waals surface area contributed by atoms with Crippen LogP contribution in [0.2, 0.25) is 0 Å². The van der Waals surface area contributed by atoms with Gasteiger partial charge in [-0.25, -0.2) is 4.98 Å². The number of aromatic nitrogens is 2. The number of nitrogens with one attached hydrogen (secondary N) is 2. The number of methoxy groups -OCH3 is 1. The fourth-order valence-electron chi connectivity index (χ4n) is 2.09. The first-order valence-electron chi connectivity index (χ1n) is 8.25. The number of hydrogen-bond acceptors (Lipinski definition) is 8. The fourth-order valence-corrected chi connectivity index (χ4v) is 3.44. The monoisotopic (exact) mass is 424 g/mol. The van der Waals surface area contributed by atoms with Gasteiger partial charge in [-0.3, -0.25) is 19.7 Å². The second-order valence-corrected chi connectivity index (χ2v) is 8.41. The molecule has 0 spiro atoms. The van der Waals surface area contributed by atoms with E-state index in [0.29, 0.717) is 27.6 Å². The summed E-state index contributed by atoms with van der Waals surface area (Å²) in [5, 5.41) is 14.4. The summed E-state index contributed by atoms with van der Waals surface area (Å²) in [6.45, 7) is 4.10. The number of amides is 1.